The molecule has 1 aromatic rings. The van der Waals surface area contributed by atoms with Crippen molar-refractivity contribution in [1.82, 2.24) is 0 Å². The highest BCUT2D eigenvalue weighted by Gasteiger charge is 2.21. The van der Waals surface area contributed by atoms with Crippen molar-refractivity contribution in [2.75, 3.05) is 13.2 Å². The molecule has 0 aliphatic heterocycles. The number of hydrogen-bond acceptors (Lipinski definition) is 2. The van der Waals surface area contributed by atoms with Crippen molar-refractivity contribution >= 4 is 0 Å². The van der Waals surface area contributed by atoms with E-state index in [1.807, 2.05) is 18.2 Å². The molecule has 1 fully saturated rings. The fraction of sp³-hybridized carbons (Fsp3) is 0.538. The van der Waals surface area contributed by atoms with Crippen molar-refractivity contribution < 1.29 is 4.74 Å². The zero-order chi connectivity index (χ0) is 10.5. The molecule has 0 bridgehead atoms. The fourth-order valence-electron chi connectivity index (χ4n) is 1.65. The normalized spacial score (nSPS) is 17.7. The summed E-state index contributed by atoms with van der Waals surface area (Å²) >= 11 is 0. The molecule has 15 heavy (non-hydrogen) atoms. The number of rotatable bonds is 6. The molecule has 1 aliphatic carbocycles. The zero-order valence-electron chi connectivity index (χ0n) is 9.06. The molecule has 1 aromatic carbocycles. The fourth-order valence-corrected chi connectivity index (χ4v) is 1.65. The molecule has 0 radical (unpaired) electrons. The smallest absolute Gasteiger partial charge is 0.0620 e. The van der Waals surface area contributed by atoms with Crippen molar-refractivity contribution in [3.05, 3.63) is 35.9 Å². The molecular formula is C13H19NO. The molecule has 0 aromatic heterocycles. The summed E-state index contributed by atoms with van der Waals surface area (Å²) in [5.41, 5.74) is 7.28. The highest BCUT2D eigenvalue weighted by molar-refractivity contribution is 5.15. The number of ether oxygens (including phenoxy) is 1. The Balaban J connectivity index is 1.65. The van der Waals surface area contributed by atoms with Gasteiger partial charge in [-0.3, -0.25) is 0 Å². The minimum Gasteiger partial charge on any atom is -0.380 e. The SMILES string of the molecule is N[C@H](COCC1CC1)Cc1ccccc1. The van der Waals surface area contributed by atoms with Crippen LogP contribution in [0.5, 0.6) is 0 Å². The van der Waals surface area contributed by atoms with Crippen LogP contribution in [-0.2, 0) is 11.2 Å². The van der Waals surface area contributed by atoms with Gasteiger partial charge in [0.25, 0.3) is 0 Å². The maximum absolute atomic E-state index is 5.99. The van der Waals surface area contributed by atoms with E-state index < -0.39 is 0 Å². The molecule has 82 valence electrons. The van der Waals surface area contributed by atoms with E-state index >= 15 is 0 Å². The van der Waals surface area contributed by atoms with Gasteiger partial charge in [0.1, 0.15) is 0 Å². The van der Waals surface area contributed by atoms with E-state index in [1.54, 1.807) is 0 Å². The molecule has 1 atom stereocenters. The lowest BCUT2D eigenvalue weighted by Crippen LogP contribution is -2.29. The van der Waals surface area contributed by atoms with Gasteiger partial charge >= 0.3 is 0 Å². The monoisotopic (exact) mass is 205 g/mol. The van der Waals surface area contributed by atoms with Gasteiger partial charge in [-0.15, -0.1) is 0 Å². The van der Waals surface area contributed by atoms with Gasteiger partial charge in [0, 0.05) is 12.6 Å². The quantitative estimate of drug-likeness (QED) is 0.770. The van der Waals surface area contributed by atoms with Gasteiger partial charge in [0.05, 0.1) is 6.61 Å². The lowest BCUT2D eigenvalue weighted by Gasteiger charge is -2.11. The summed E-state index contributed by atoms with van der Waals surface area (Å²) in [5, 5.41) is 0. The van der Waals surface area contributed by atoms with Crippen LogP contribution < -0.4 is 5.73 Å². The first-order valence-corrected chi connectivity index (χ1v) is 5.72. The van der Waals surface area contributed by atoms with Crippen molar-refractivity contribution in [1.29, 1.82) is 0 Å². The summed E-state index contributed by atoms with van der Waals surface area (Å²) in [6.07, 6.45) is 3.59. The third kappa shape index (κ3) is 4.02. The Morgan fingerprint density at radius 2 is 2.00 bits per heavy atom. The topological polar surface area (TPSA) is 35.2 Å². The lowest BCUT2D eigenvalue weighted by atomic mass is 10.1. The van der Waals surface area contributed by atoms with Crippen LogP contribution in [-0.4, -0.2) is 19.3 Å². The number of benzene rings is 1. The second kappa shape index (κ2) is 5.29. The second-order valence-corrected chi connectivity index (χ2v) is 4.43. The Bertz CT molecular complexity index is 282. The summed E-state index contributed by atoms with van der Waals surface area (Å²) in [6.45, 7) is 1.59. The zero-order valence-corrected chi connectivity index (χ0v) is 9.06. The number of hydrogen-bond donors (Lipinski definition) is 1. The van der Waals surface area contributed by atoms with Gasteiger partial charge in [0.15, 0.2) is 0 Å². The summed E-state index contributed by atoms with van der Waals surface area (Å²) in [6, 6.07) is 10.5. The van der Waals surface area contributed by atoms with Crippen LogP contribution in [0.1, 0.15) is 18.4 Å². The molecule has 0 saturated heterocycles. The van der Waals surface area contributed by atoms with Crippen LogP contribution in [0.15, 0.2) is 30.3 Å². The summed E-state index contributed by atoms with van der Waals surface area (Å²) in [7, 11) is 0. The third-order valence-electron chi connectivity index (χ3n) is 2.72. The van der Waals surface area contributed by atoms with E-state index in [2.05, 4.69) is 12.1 Å². The first-order valence-electron chi connectivity index (χ1n) is 5.72. The van der Waals surface area contributed by atoms with E-state index in [0.29, 0.717) is 6.61 Å². The lowest BCUT2D eigenvalue weighted by molar-refractivity contribution is 0.112. The highest BCUT2D eigenvalue weighted by Crippen LogP contribution is 2.28. The second-order valence-electron chi connectivity index (χ2n) is 4.43. The van der Waals surface area contributed by atoms with E-state index in [9.17, 15) is 0 Å². The minimum atomic E-state index is 0.131. The average Bonchev–Trinajstić information content (AvgIpc) is 3.03. The van der Waals surface area contributed by atoms with Crippen LogP contribution in [0, 0.1) is 5.92 Å². The highest BCUT2D eigenvalue weighted by atomic mass is 16.5. The Kier molecular flexibility index (Phi) is 3.75. The Hall–Kier alpha value is -0.860. The van der Waals surface area contributed by atoms with Gasteiger partial charge in [-0.1, -0.05) is 30.3 Å². The molecule has 2 N–H and O–H groups in total. The molecule has 2 nitrogen and oxygen atoms in total. The summed E-state index contributed by atoms with van der Waals surface area (Å²) in [4.78, 5) is 0. The maximum Gasteiger partial charge on any atom is 0.0620 e. The largest absolute Gasteiger partial charge is 0.380 e. The Morgan fingerprint density at radius 1 is 1.27 bits per heavy atom. The van der Waals surface area contributed by atoms with Gasteiger partial charge < -0.3 is 10.5 Å². The first kappa shape index (κ1) is 10.7. The maximum atomic E-state index is 5.99. The molecule has 2 heteroatoms. The van der Waals surface area contributed by atoms with Gasteiger partial charge in [-0.05, 0) is 30.7 Å². The van der Waals surface area contributed by atoms with E-state index in [4.69, 9.17) is 10.5 Å². The standard InChI is InChI=1S/C13H19NO/c14-13(10-15-9-12-6-7-12)8-11-4-2-1-3-5-11/h1-5,12-13H,6-10,14H2/t13-/m0/s1. The summed E-state index contributed by atoms with van der Waals surface area (Å²) in [5.74, 6) is 0.828. The van der Waals surface area contributed by atoms with Crippen LogP contribution in [0.25, 0.3) is 0 Å². The molecule has 2 rings (SSSR count). The molecule has 0 heterocycles. The summed E-state index contributed by atoms with van der Waals surface area (Å²) < 4.78 is 5.57. The van der Waals surface area contributed by atoms with Crippen LogP contribution in [0.4, 0.5) is 0 Å². The van der Waals surface area contributed by atoms with Crippen LogP contribution >= 0.6 is 0 Å². The Labute approximate surface area is 91.4 Å². The predicted molar refractivity (Wildman–Crippen MR) is 61.7 cm³/mol. The Morgan fingerprint density at radius 3 is 2.67 bits per heavy atom. The van der Waals surface area contributed by atoms with Gasteiger partial charge in [-0.25, -0.2) is 0 Å². The van der Waals surface area contributed by atoms with Crippen molar-refractivity contribution in [2.45, 2.75) is 25.3 Å². The van der Waals surface area contributed by atoms with E-state index in [-0.39, 0.29) is 6.04 Å². The van der Waals surface area contributed by atoms with Crippen molar-refractivity contribution in [3.8, 4) is 0 Å². The van der Waals surface area contributed by atoms with Gasteiger partial charge in [0.2, 0.25) is 0 Å². The minimum absolute atomic E-state index is 0.131. The van der Waals surface area contributed by atoms with Gasteiger partial charge in [-0.2, -0.15) is 0 Å². The molecule has 0 spiro atoms. The molecule has 0 unspecified atom stereocenters. The van der Waals surface area contributed by atoms with E-state index in [1.165, 1.54) is 18.4 Å². The molecule has 1 saturated carbocycles. The van der Waals surface area contributed by atoms with Crippen molar-refractivity contribution in [3.63, 3.8) is 0 Å². The predicted octanol–water partition coefficient (Wildman–Crippen LogP) is 1.98. The first-order chi connectivity index (χ1) is 7.34. The molecule has 1 aliphatic rings. The third-order valence-corrected chi connectivity index (χ3v) is 2.72. The number of nitrogens with two attached hydrogens (primary N) is 1. The molecule has 0 amide bonds. The van der Waals surface area contributed by atoms with E-state index in [0.717, 1.165) is 18.9 Å². The van der Waals surface area contributed by atoms with Crippen LogP contribution in [0.2, 0.25) is 0 Å². The van der Waals surface area contributed by atoms with Crippen LogP contribution in [0.3, 0.4) is 0 Å². The van der Waals surface area contributed by atoms with Crippen molar-refractivity contribution in [2.24, 2.45) is 11.7 Å². The average molecular weight is 205 g/mol. The molecular weight excluding hydrogens is 186 g/mol.